The number of nitrogens with two attached hydrogens (primary N) is 1. The van der Waals surface area contributed by atoms with Crippen molar-refractivity contribution in [2.24, 2.45) is 0 Å². The Bertz CT molecular complexity index is 1350. The number of thiophene rings is 1. The molecule has 0 saturated heterocycles. The first kappa shape index (κ1) is 25.8. The van der Waals surface area contributed by atoms with Gasteiger partial charge in [0.05, 0.1) is 35.8 Å². The maximum atomic E-state index is 12.9. The lowest BCUT2D eigenvalue weighted by molar-refractivity contribution is -0.137. The van der Waals surface area contributed by atoms with E-state index in [1.807, 2.05) is 78.3 Å². The summed E-state index contributed by atoms with van der Waals surface area (Å²) in [5.41, 5.74) is 3.91. The van der Waals surface area contributed by atoms with Gasteiger partial charge in [-0.1, -0.05) is 24.3 Å². The Balaban J connectivity index is 1.73. The van der Waals surface area contributed by atoms with E-state index in [0.29, 0.717) is 17.8 Å². The lowest BCUT2D eigenvalue weighted by Gasteiger charge is -2.18. The summed E-state index contributed by atoms with van der Waals surface area (Å²) in [5, 5.41) is 25.4. The fraction of sp³-hybridized carbons (Fsp3) is 0.214. The number of methoxy groups -OCH3 is 1. The highest BCUT2D eigenvalue weighted by atomic mass is 32.1. The van der Waals surface area contributed by atoms with Crippen molar-refractivity contribution in [1.29, 1.82) is 0 Å². The average molecular weight is 518 g/mol. The topological polar surface area (TPSA) is 119 Å². The number of carbonyl (C=O) groups excluding carboxylic acids is 1. The molecule has 2 aromatic heterocycles. The van der Waals surface area contributed by atoms with Gasteiger partial charge in [-0.05, 0) is 54.3 Å². The van der Waals surface area contributed by atoms with E-state index in [1.165, 1.54) is 11.3 Å². The summed E-state index contributed by atoms with van der Waals surface area (Å²) in [5.74, 6) is -0.435. The van der Waals surface area contributed by atoms with E-state index in [2.05, 4.69) is 5.32 Å². The predicted octanol–water partition coefficient (Wildman–Crippen LogP) is 3.66. The van der Waals surface area contributed by atoms with Crippen LogP contribution in [0, 0.1) is 0 Å². The van der Waals surface area contributed by atoms with E-state index < -0.39 is 12.0 Å². The molecular formula is C28H29N4O4S+. The fourth-order valence-electron chi connectivity index (χ4n) is 4.02. The zero-order valence-corrected chi connectivity index (χ0v) is 21.3. The average Bonchev–Trinajstić information content (AvgIpc) is 3.60. The van der Waals surface area contributed by atoms with Crippen molar-refractivity contribution in [2.45, 2.75) is 31.7 Å². The van der Waals surface area contributed by atoms with Gasteiger partial charge in [-0.15, -0.1) is 11.3 Å². The third-order valence-electron chi connectivity index (χ3n) is 5.89. The maximum Gasteiger partial charge on any atom is 0.303 e. The van der Waals surface area contributed by atoms with Crippen LogP contribution in [0.1, 0.15) is 42.2 Å². The molecule has 8 nitrogen and oxygen atoms in total. The summed E-state index contributed by atoms with van der Waals surface area (Å²) < 4.78 is 7.11. The standard InChI is InChI=1S/C28H28N4O4S/c1-36-21-14-12-19(13-15-21)28-22(18-32(31-28)20-7-3-2-4-8-20)24(17-23(29)25-9-6-16-37-25)30-26(33)10-5-11-27(34)35/h2-4,6-9,12-16,18,24,29H,5,10-11,17H2,1H3,(H,30,33)(H,34,35)/p+1. The molecule has 0 aliphatic carbocycles. The molecule has 0 aliphatic rings. The summed E-state index contributed by atoms with van der Waals surface area (Å²) in [7, 11) is 1.61. The van der Waals surface area contributed by atoms with E-state index >= 15 is 0 Å². The number of aromatic nitrogens is 2. The first-order valence-electron chi connectivity index (χ1n) is 11.9. The van der Waals surface area contributed by atoms with Crippen LogP contribution in [-0.4, -0.2) is 39.6 Å². The number of para-hydroxylation sites is 1. The molecule has 190 valence electrons. The summed E-state index contributed by atoms with van der Waals surface area (Å²) in [6.07, 6.45) is 2.58. The number of rotatable bonds is 12. The summed E-state index contributed by atoms with van der Waals surface area (Å²) >= 11 is 1.54. The summed E-state index contributed by atoms with van der Waals surface area (Å²) in [6, 6.07) is 20.7. The minimum atomic E-state index is -0.925. The second kappa shape index (κ2) is 12.1. The van der Waals surface area contributed by atoms with Gasteiger partial charge >= 0.3 is 5.97 Å². The number of carboxylic acids is 1. The Morgan fingerprint density at radius 1 is 1.08 bits per heavy atom. The van der Waals surface area contributed by atoms with Crippen LogP contribution in [0.2, 0.25) is 0 Å². The monoisotopic (exact) mass is 517 g/mol. The molecule has 0 fully saturated rings. The summed E-state index contributed by atoms with van der Waals surface area (Å²) in [4.78, 5) is 24.7. The van der Waals surface area contributed by atoms with Crippen molar-refractivity contribution in [3.63, 3.8) is 0 Å². The van der Waals surface area contributed by atoms with Crippen molar-refractivity contribution >= 4 is 28.9 Å². The molecule has 2 heterocycles. The van der Waals surface area contributed by atoms with Gasteiger partial charge in [0.1, 0.15) is 5.75 Å². The van der Waals surface area contributed by atoms with Gasteiger partial charge in [0, 0.05) is 30.2 Å². The van der Waals surface area contributed by atoms with Crippen molar-refractivity contribution in [2.75, 3.05) is 7.11 Å². The van der Waals surface area contributed by atoms with Gasteiger partial charge in [0.15, 0.2) is 5.71 Å². The number of benzene rings is 2. The number of carbonyl (C=O) groups is 2. The number of hydrogen-bond donors (Lipinski definition) is 3. The van der Waals surface area contributed by atoms with Crippen molar-refractivity contribution < 1.29 is 24.8 Å². The number of nitrogens with one attached hydrogen (secondary N) is 1. The number of aliphatic carboxylic acids is 1. The first-order valence-corrected chi connectivity index (χ1v) is 12.8. The molecule has 0 aliphatic heterocycles. The number of amides is 1. The second-order valence-electron chi connectivity index (χ2n) is 8.52. The van der Waals surface area contributed by atoms with Crippen molar-refractivity contribution in [3.8, 4) is 22.7 Å². The van der Waals surface area contributed by atoms with Gasteiger partial charge in [-0.25, -0.2) is 4.68 Å². The van der Waals surface area contributed by atoms with Crippen molar-refractivity contribution in [1.82, 2.24) is 15.1 Å². The Morgan fingerprint density at radius 3 is 2.49 bits per heavy atom. The lowest BCUT2D eigenvalue weighted by atomic mass is 9.97. The molecule has 37 heavy (non-hydrogen) atoms. The zero-order chi connectivity index (χ0) is 26.2. The largest absolute Gasteiger partial charge is 0.497 e. The number of hydrogen-bond acceptors (Lipinski definition) is 5. The Labute approximate surface area is 219 Å². The molecule has 0 bridgehead atoms. The van der Waals surface area contributed by atoms with E-state index in [9.17, 15) is 9.59 Å². The highest BCUT2D eigenvalue weighted by Gasteiger charge is 2.26. The van der Waals surface area contributed by atoms with Gasteiger partial charge < -0.3 is 15.2 Å². The highest BCUT2D eigenvalue weighted by Crippen LogP contribution is 2.32. The minimum absolute atomic E-state index is 0.0649. The van der Waals surface area contributed by atoms with E-state index in [4.69, 9.17) is 20.4 Å². The number of nitrogens with zero attached hydrogens (tertiary/aromatic N) is 2. The molecule has 4 rings (SSSR count). The third-order valence-corrected chi connectivity index (χ3v) is 6.84. The number of ether oxygens (including phenoxy) is 1. The maximum absolute atomic E-state index is 12.9. The van der Waals surface area contributed by atoms with Crippen LogP contribution in [0.3, 0.4) is 0 Å². The Morgan fingerprint density at radius 2 is 1.84 bits per heavy atom. The van der Waals surface area contributed by atoms with Crippen LogP contribution in [0.25, 0.3) is 16.9 Å². The van der Waals surface area contributed by atoms with Crippen LogP contribution in [0.15, 0.2) is 78.3 Å². The summed E-state index contributed by atoms with van der Waals surface area (Å²) in [6.45, 7) is 0. The van der Waals surface area contributed by atoms with E-state index in [0.717, 1.165) is 27.4 Å². The number of carboxylic acid groups (broad SMARTS) is 1. The zero-order valence-electron chi connectivity index (χ0n) is 20.5. The smallest absolute Gasteiger partial charge is 0.303 e. The van der Waals surface area contributed by atoms with Gasteiger partial charge in [-0.3, -0.25) is 15.0 Å². The molecule has 2 aromatic carbocycles. The normalized spacial score (nSPS) is 11.6. The highest BCUT2D eigenvalue weighted by molar-refractivity contribution is 7.12. The van der Waals surface area contributed by atoms with Crippen LogP contribution < -0.4 is 15.5 Å². The molecule has 0 spiro atoms. The molecule has 0 radical (unpaired) electrons. The third kappa shape index (κ3) is 6.71. The second-order valence-corrected chi connectivity index (χ2v) is 9.46. The SMILES string of the molecule is COc1ccc(-c2nn(-c3ccccc3)cc2C(CC(=[NH2+])c2cccs2)NC(=O)CCCC(=O)O)cc1. The van der Waals surface area contributed by atoms with E-state index in [-0.39, 0.29) is 25.2 Å². The Hall–Kier alpha value is -4.24. The van der Waals surface area contributed by atoms with E-state index in [1.54, 1.807) is 11.8 Å². The van der Waals surface area contributed by atoms with Gasteiger partial charge in [0.25, 0.3) is 0 Å². The Kier molecular flexibility index (Phi) is 8.48. The minimum Gasteiger partial charge on any atom is -0.497 e. The molecule has 1 unspecified atom stereocenters. The lowest BCUT2D eigenvalue weighted by Crippen LogP contribution is -2.43. The fourth-order valence-corrected chi connectivity index (χ4v) is 4.71. The van der Waals surface area contributed by atoms with Crippen molar-refractivity contribution in [3.05, 3.63) is 88.7 Å². The van der Waals surface area contributed by atoms with Crippen LogP contribution in [0.4, 0.5) is 0 Å². The molecule has 9 heteroatoms. The molecule has 4 aromatic rings. The quantitative estimate of drug-likeness (QED) is 0.248. The van der Waals surface area contributed by atoms with Crippen LogP contribution in [0.5, 0.6) is 5.75 Å². The molecule has 1 amide bonds. The molecule has 0 saturated carbocycles. The van der Waals surface area contributed by atoms with Gasteiger partial charge in [-0.2, -0.15) is 5.10 Å². The van der Waals surface area contributed by atoms with Crippen LogP contribution in [-0.2, 0) is 9.59 Å². The molecule has 4 N–H and O–H groups in total. The predicted molar refractivity (Wildman–Crippen MR) is 143 cm³/mol. The van der Waals surface area contributed by atoms with Crippen LogP contribution >= 0.6 is 11.3 Å². The molecular weight excluding hydrogens is 488 g/mol. The molecule has 1 atom stereocenters. The van der Waals surface area contributed by atoms with Gasteiger partial charge in [0.2, 0.25) is 5.91 Å². The first-order chi connectivity index (χ1) is 17.9.